The molecule has 0 N–H and O–H groups in total. The smallest absolute Gasteiger partial charge is 0.228 e. The maximum Gasteiger partial charge on any atom is 0.228 e. The van der Waals surface area contributed by atoms with E-state index in [1.165, 1.54) is 25.7 Å². The molecule has 3 heterocycles. The van der Waals surface area contributed by atoms with Crippen LogP contribution in [0.1, 0.15) is 42.9 Å². The molecule has 2 fully saturated rings. The van der Waals surface area contributed by atoms with E-state index in [1.54, 1.807) is 18.0 Å². The normalized spacial score (nSPS) is 16.2. The number of nitrogens with zero attached hydrogens (tertiary/aromatic N) is 5. The first-order valence-electron chi connectivity index (χ1n) is 10.4. The van der Waals surface area contributed by atoms with E-state index >= 15 is 0 Å². The minimum Gasteiger partial charge on any atom is -0.489 e. The predicted molar refractivity (Wildman–Crippen MR) is 119 cm³/mol. The summed E-state index contributed by atoms with van der Waals surface area (Å²) in [6, 6.07) is 10.3. The highest BCUT2D eigenvalue weighted by Crippen LogP contribution is 2.42. The van der Waals surface area contributed by atoms with Gasteiger partial charge < -0.3 is 9.64 Å². The second-order valence-electron chi connectivity index (χ2n) is 7.77. The molecular formula is C22H24ClN5OS. The molecule has 3 aromatic rings. The molecule has 2 aliphatic rings. The van der Waals surface area contributed by atoms with Gasteiger partial charge in [-0.1, -0.05) is 29.4 Å². The quantitative estimate of drug-likeness (QED) is 0.451. The lowest BCUT2D eigenvalue weighted by atomic mass is 10.2. The van der Waals surface area contributed by atoms with Gasteiger partial charge in [0.1, 0.15) is 12.4 Å². The average Bonchev–Trinajstić information content (AvgIpc) is 3.29. The predicted octanol–water partition coefficient (Wildman–Crippen LogP) is 5.13. The van der Waals surface area contributed by atoms with Crippen molar-refractivity contribution in [3.8, 4) is 5.75 Å². The number of anilines is 1. The first-order valence-corrected chi connectivity index (χ1v) is 11.8. The van der Waals surface area contributed by atoms with E-state index in [4.69, 9.17) is 16.3 Å². The molecule has 0 radical (unpaired) electrons. The van der Waals surface area contributed by atoms with Crippen LogP contribution in [0.4, 0.5) is 5.95 Å². The van der Waals surface area contributed by atoms with Gasteiger partial charge in [0.05, 0.1) is 0 Å². The van der Waals surface area contributed by atoms with E-state index in [9.17, 15) is 0 Å². The van der Waals surface area contributed by atoms with Crippen LogP contribution in [0.2, 0.25) is 5.02 Å². The summed E-state index contributed by atoms with van der Waals surface area (Å²) < 4.78 is 8.42. The monoisotopic (exact) mass is 441 g/mol. The van der Waals surface area contributed by atoms with E-state index in [0.29, 0.717) is 17.7 Å². The number of hydrogen-bond acceptors (Lipinski definition) is 6. The Morgan fingerprint density at radius 3 is 2.77 bits per heavy atom. The fourth-order valence-electron chi connectivity index (χ4n) is 3.74. The highest BCUT2D eigenvalue weighted by molar-refractivity contribution is 7.98. The molecule has 0 bridgehead atoms. The lowest BCUT2D eigenvalue weighted by molar-refractivity contribution is 0.303. The van der Waals surface area contributed by atoms with Crippen LogP contribution in [0.25, 0.3) is 0 Å². The van der Waals surface area contributed by atoms with Crippen molar-refractivity contribution in [1.82, 2.24) is 19.7 Å². The molecule has 30 heavy (non-hydrogen) atoms. The molecule has 5 rings (SSSR count). The highest BCUT2D eigenvalue weighted by Gasteiger charge is 2.32. The maximum atomic E-state index is 6.28. The minimum atomic E-state index is 0.477. The third-order valence-corrected chi connectivity index (χ3v) is 6.67. The lowest BCUT2D eigenvalue weighted by Crippen LogP contribution is -2.22. The molecule has 6 nitrogen and oxygen atoms in total. The Bertz CT molecular complexity index is 1000. The number of aromatic nitrogens is 4. The summed E-state index contributed by atoms with van der Waals surface area (Å²) in [5.74, 6) is 2.61. The van der Waals surface area contributed by atoms with Crippen molar-refractivity contribution in [2.75, 3.05) is 18.0 Å². The van der Waals surface area contributed by atoms with Gasteiger partial charge in [0.15, 0.2) is 5.16 Å². The highest BCUT2D eigenvalue weighted by atomic mass is 35.5. The fourth-order valence-corrected chi connectivity index (χ4v) is 4.91. The van der Waals surface area contributed by atoms with Crippen LogP contribution >= 0.6 is 23.4 Å². The molecule has 8 heteroatoms. The Morgan fingerprint density at radius 1 is 1.13 bits per heavy atom. The van der Waals surface area contributed by atoms with Crippen molar-refractivity contribution in [2.24, 2.45) is 0 Å². The van der Waals surface area contributed by atoms with Gasteiger partial charge >= 0.3 is 0 Å². The Hall–Kier alpha value is -2.25. The number of benzene rings is 1. The first-order chi connectivity index (χ1) is 14.8. The summed E-state index contributed by atoms with van der Waals surface area (Å²) in [5.41, 5.74) is 2.10. The number of hydrogen-bond donors (Lipinski definition) is 0. The molecule has 0 unspecified atom stereocenters. The summed E-state index contributed by atoms with van der Waals surface area (Å²) in [4.78, 5) is 6.52. The van der Waals surface area contributed by atoms with Crippen molar-refractivity contribution in [1.29, 1.82) is 0 Å². The molecule has 2 aromatic heterocycles. The first kappa shape index (κ1) is 19.7. The molecule has 0 atom stereocenters. The van der Waals surface area contributed by atoms with E-state index in [-0.39, 0.29) is 0 Å². The van der Waals surface area contributed by atoms with Gasteiger partial charge in [0, 0.05) is 53.4 Å². The summed E-state index contributed by atoms with van der Waals surface area (Å²) >= 11 is 7.99. The molecule has 0 amide bonds. The van der Waals surface area contributed by atoms with Crippen LogP contribution in [0, 0.1) is 0 Å². The van der Waals surface area contributed by atoms with Crippen LogP contribution in [-0.4, -0.2) is 32.8 Å². The number of pyridine rings is 1. The number of thioether (sulfide) groups is 1. The van der Waals surface area contributed by atoms with Crippen LogP contribution < -0.4 is 9.64 Å². The van der Waals surface area contributed by atoms with Gasteiger partial charge in [-0.05, 0) is 49.9 Å². The zero-order chi connectivity index (χ0) is 20.3. The standard InChI is InChI=1S/C22H24ClN5OS/c23-18-5-8-20(29-14-16-4-3-9-24-13-16)17(12-18)15-30-22-26-25-21(27-10-1-2-11-27)28(22)19-6-7-19/h3-5,8-9,12-13,19H,1-2,6-7,10-11,14-15H2. The molecule has 156 valence electrons. The number of halogens is 1. The zero-order valence-corrected chi connectivity index (χ0v) is 18.3. The largest absolute Gasteiger partial charge is 0.489 e. The Morgan fingerprint density at radius 2 is 2.00 bits per heavy atom. The van der Waals surface area contributed by atoms with E-state index in [0.717, 1.165) is 46.8 Å². The molecule has 1 aliphatic carbocycles. The van der Waals surface area contributed by atoms with Crippen LogP contribution in [0.3, 0.4) is 0 Å². The van der Waals surface area contributed by atoms with Gasteiger partial charge in [-0.3, -0.25) is 9.55 Å². The minimum absolute atomic E-state index is 0.477. The Balaban J connectivity index is 1.32. The Kier molecular flexibility index (Phi) is 5.82. The number of ether oxygens (including phenoxy) is 1. The van der Waals surface area contributed by atoms with Crippen molar-refractivity contribution in [3.63, 3.8) is 0 Å². The molecule has 1 aliphatic heterocycles. The van der Waals surface area contributed by atoms with Gasteiger partial charge in [-0.2, -0.15) is 0 Å². The van der Waals surface area contributed by atoms with Crippen molar-refractivity contribution < 1.29 is 4.74 Å². The Labute approximate surface area is 185 Å². The average molecular weight is 442 g/mol. The van der Waals surface area contributed by atoms with Gasteiger partial charge in [0.2, 0.25) is 5.95 Å². The second kappa shape index (κ2) is 8.86. The van der Waals surface area contributed by atoms with E-state index in [1.807, 2.05) is 36.5 Å². The molecule has 0 spiro atoms. The summed E-state index contributed by atoms with van der Waals surface area (Å²) in [6.07, 6.45) is 8.48. The number of rotatable bonds is 8. The van der Waals surface area contributed by atoms with Crippen LogP contribution in [0.15, 0.2) is 47.9 Å². The summed E-state index contributed by atoms with van der Waals surface area (Å²) in [6.45, 7) is 2.64. The summed E-state index contributed by atoms with van der Waals surface area (Å²) in [5, 5.41) is 10.8. The third-order valence-electron chi connectivity index (χ3n) is 5.44. The second-order valence-corrected chi connectivity index (χ2v) is 9.15. The van der Waals surface area contributed by atoms with Crippen LogP contribution in [-0.2, 0) is 12.4 Å². The molecule has 1 aromatic carbocycles. The van der Waals surface area contributed by atoms with E-state index in [2.05, 4.69) is 24.6 Å². The van der Waals surface area contributed by atoms with E-state index < -0.39 is 0 Å². The zero-order valence-electron chi connectivity index (χ0n) is 16.7. The lowest BCUT2D eigenvalue weighted by Gasteiger charge is -2.18. The van der Waals surface area contributed by atoms with Crippen molar-refractivity contribution >= 4 is 29.3 Å². The molecular weight excluding hydrogens is 418 g/mol. The molecule has 1 saturated carbocycles. The van der Waals surface area contributed by atoms with Gasteiger partial charge in [-0.15, -0.1) is 10.2 Å². The fraction of sp³-hybridized carbons (Fsp3) is 0.409. The maximum absolute atomic E-state index is 6.28. The third kappa shape index (κ3) is 4.42. The van der Waals surface area contributed by atoms with Gasteiger partial charge in [-0.25, -0.2) is 0 Å². The SMILES string of the molecule is Clc1ccc(OCc2cccnc2)c(CSc2nnc(N3CCCC3)n2C2CC2)c1. The van der Waals surface area contributed by atoms with Crippen LogP contribution in [0.5, 0.6) is 5.75 Å². The van der Waals surface area contributed by atoms with Gasteiger partial charge in [0.25, 0.3) is 0 Å². The van der Waals surface area contributed by atoms with Crippen molar-refractivity contribution in [2.45, 2.75) is 49.2 Å². The topological polar surface area (TPSA) is 56.1 Å². The summed E-state index contributed by atoms with van der Waals surface area (Å²) in [7, 11) is 0. The molecule has 1 saturated heterocycles. The van der Waals surface area contributed by atoms with Crippen molar-refractivity contribution in [3.05, 3.63) is 58.9 Å².